The average Bonchev–Trinajstić information content (AvgIpc) is 2.89. The van der Waals surface area contributed by atoms with Crippen LogP contribution < -0.4 is 10.3 Å². The van der Waals surface area contributed by atoms with Gasteiger partial charge in [0.1, 0.15) is 5.75 Å². The second-order valence-corrected chi connectivity index (χ2v) is 6.88. The van der Waals surface area contributed by atoms with Gasteiger partial charge in [-0.25, -0.2) is 0 Å². The highest BCUT2D eigenvalue weighted by Gasteiger charge is 2.22. The quantitative estimate of drug-likeness (QED) is 0.466. The lowest BCUT2D eigenvalue weighted by molar-refractivity contribution is -0.384. The van der Waals surface area contributed by atoms with E-state index in [1.54, 1.807) is 22.8 Å². The van der Waals surface area contributed by atoms with E-state index < -0.39 is 11.2 Å². The van der Waals surface area contributed by atoms with Crippen molar-refractivity contribution >= 4 is 11.8 Å². The highest BCUT2D eigenvalue weighted by Crippen LogP contribution is 2.33. The summed E-state index contributed by atoms with van der Waals surface area (Å²) in [5, 5.41) is 10.9. The van der Waals surface area contributed by atoms with Crippen LogP contribution in [0.4, 0.5) is 5.69 Å². The van der Waals surface area contributed by atoms with E-state index in [2.05, 4.69) is 0 Å². The van der Waals surface area contributed by atoms with E-state index >= 15 is 0 Å². The molecule has 2 aliphatic rings. The number of pyridine rings is 1. The van der Waals surface area contributed by atoms with Crippen LogP contribution in [-0.2, 0) is 12.8 Å². The summed E-state index contributed by atoms with van der Waals surface area (Å²) in [7, 11) is 0. The van der Waals surface area contributed by atoms with Gasteiger partial charge in [-0.2, -0.15) is 0 Å². The molecule has 1 aromatic heterocycles. The summed E-state index contributed by atoms with van der Waals surface area (Å²) in [5.74, 6) is 0.544. The lowest BCUT2D eigenvalue weighted by Crippen LogP contribution is -2.31. The summed E-state index contributed by atoms with van der Waals surface area (Å²) in [6, 6.07) is 4.48. The number of hydrogen-bond donors (Lipinski definition) is 0. The first kappa shape index (κ1) is 16.6. The van der Waals surface area contributed by atoms with Crippen molar-refractivity contribution in [1.29, 1.82) is 0 Å². The van der Waals surface area contributed by atoms with Gasteiger partial charge in [-0.05, 0) is 62.0 Å². The van der Waals surface area contributed by atoms with Gasteiger partial charge in [0.15, 0.2) is 6.23 Å². The number of nitro benzene ring substituents is 1. The molecule has 0 radical (unpaired) electrons. The Morgan fingerprint density at radius 3 is 2.85 bits per heavy atom. The number of aryl methyl sites for hydroxylation is 1. The number of nitro groups is 1. The Morgan fingerprint density at radius 2 is 2.04 bits per heavy atom. The predicted octanol–water partition coefficient (Wildman–Crippen LogP) is 3.94. The molecule has 2 aromatic rings. The number of fused-ring (bicyclic) bond motifs is 2. The molecule has 2 heterocycles. The molecule has 1 aliphatic carbocycles. The molecule has 0 amide bonds. The Hall–Kier alpha value is -2.89. The third kappa shape index (κ3) is 2.81. The summed E-state index contributed by atoms with van der Waals surface area (Å²) in [5.41, 5.74) is 3.86. The third-order valence-electron chi connectivity index (χ3n) is 5.23. The predicted molar refractivity (Wildman–Crippen MR) is 98.5 cm³/mol. The zero-order valence-corrected chi connectivity index (χ0v) is 14.6. The normalized spacial score (nSPS) is 18.4. The van der Waals surface area contributed by atoms with E-state index in [9.17, 15) is 14.9 Å². The van der Waals surface area contributed by atoms with Crippen molar-refractivity contribution in [2.45, 2.75) is 45.3 Å². The van der Waals surface area contributed by atoms with E-state index in [0.29, 0.717) is 11.3 Å². The molecule has 6 heteroatoms. The van der Waals surface area contributed by atoms with Crippen LogP contribution in [0.3, 0.4) is 0 Å². The topological polar surface area (TPSA) is 74.4 Å². The fraction of sp³-hybridized carbons (Fsp3) is 0.350. The van der Waals surface area contributed by atoms with Crippen LogP contribution in [0.25, 0.3) is 6.08 Å². The largest absolute Gasteiger partial charge is 0.466 e. The van der Waals surface area contributed by atoms with Crippen molar-refractivity contribution in [2.75, 3.05) is 0 Å². The van der Waals surface area contributed by atoms with Gasteiger partial charge in [-0.1, -0.05) is 6.42 Å². The van der Waals surface area contributed by atoms with Gasteiger partial charge in [-0.15, -0.1) is 0 Å². The number of benzene rings is 1. The molecule has 6 nitrogen and oxygen atoms in total. The first-order valence-corrected chi connectivity index (χ1v) is 8.91. The molecule has 0 spiro atoms. The molecule has 134 valence electrons. The fourth-order valence-corrected chi connectivity index (χ4v) is 3.81. The van der Waals surface area contributed by atoms with Crippen molar-refractivity contribution in [2.24, 2.45) is 0 Å². The highest BCUT2D eigenvalue weighted by molar-refractivity contribution is 5.63. The molecule has 4 rings (SSSR count). The van der Waals surface area contributed by atoms with Crippen molar-refractivity contribution < 1.29 is 9.66 Å². The fourth-order valence-electron chi connectivity index (χ4n) is 3.81. The number of ether oxygens (including phenoxy) is 1. The molecule has 0 bridgehead atoms. The summed E-state index contributed by atoms with van der Waals surface area (Å²) in [6.45, 7) is 1.90. The van der Waals surface area contributed by atoms with E-state index in [0.717, 1.165) is 31.2 Å². The maximum atomic E-state index is 12.9. The maximum absolute atomic E-state index is 12.9. The van der Waals surface area contributed by atoms with Crippen molar-refractivity contribution in [3.63, 3.8) is 0 Å². The van der Waals surface area contributed by atoms with Crippen LogP contribution in [-0.4, -0.2) is 9.49 Å². The lowest BCUT2D eigenvalue weighted by atomic mass is 10.0. The smallest absolute Gasteiger partial charge is 0.270 e. The molecular formula is C20H20N2O4. The minimum absolute atomic E-state index is 0.0218. The van der Waals surface area contributed by atoms with Gasteiger partial charge in [0.05, 0.1) is 4.92 Å². The van der Waals surface area contributed by atoms with Gasteiger partial charge in [0, 0.05) is 29.5 Å². The SMILES string of the molecule is Cc1c2c(cn(C3C=Cc4cc([N+](=O)[O-])ccc4O3)c1=O)CCCCC2. The lowest BCUT2D eigenvalue weighted by Gasteiger charge is -2.25. The molecule has 0 fully saturated rings. The standard InChI is InChI=1S/C20H20N2O4/c1-13-17-6-4-2-3-5-15(17)12-21(20(13)23)19-10-7-14-11-16(22(24)25)8-9-18(14)26-19/h7-12,19H,2-6H2,1H3. The number of non-ortho nitro benzene ring substituents is 1. The molecule has 1 atom stereocenters. The highest BCUT2D eigenvalue weighted by atomic mass is 16.6. The van der Waals surface area contributed by atoms with E-state index in [4.69, 9.17) is 4.74 Å². The zero-order valence-electron chi connectivity index (χ0n) is 14.6. The number of nitrogens with zero attached hydrogens (tertiary/aromatic N) is 2. The molecule has 0 N–H and O–H groups in total. The van der Waals surface area contributed by atoms with Crippen LogP contribution in [0.5, 0.6) is 5.75 Å². The maximum Gasteiger partial charge on any atom is 0.270 e. The van der Waals surface area contributed by atoms with Gasteiger partial charge < -0.3 is 4.74 Å². The van der Waals surface area contributed by atoms with Crippen LogP contribution in [0, 0.1) is 17.0 Å². The van der Waals surface area contributed by atoms with E-state index in [-0.39, 0.29) is 11.2 Å². The molecule has 0 saturated carbocycles. The van der Waals surface area contributed by atoms with E-state index in [1.807, 2.05) is 13.1 Å². The summed E-state index contributed by atoms with van der Waals surface area (Å²) < 4.78 is 7.60. The van der Waals surface area contributed by atoms with Crippen LogP contribution in [0.1, 0.15) is 47.7 Å². The number of hydrogen-bond acceptors (Lipinski definition) is 4. The molecule has 26 heavy (non-hydrogen) atoms. The first-order valence-electron chi connectivity index (χ1n) is 8.91. The second kappa shape index (κ2) is 6.44. The van der Waals surface area contributed by atoms with Crippen LogP contribution >= 0.6 is 0 Å². The third-order valence-corrected chi connectivity index (χ3v) is 5.23. The van der Waals surface area contributed by atoms with Crippen molar-refractivity contribution in [3.8, 4) is 5.75 Å². The summed E-state index contributed by atoms with van der Waals surface area (Å²) in [6.07, 6.45) is 10.3. The van der Waals surface area contributed by atoms with Crippen LogP contribution in [0.15, 0.2) is 35.3 Å². The van der Waals surface area contributed by atoms with Crippen molar-refractivity contribution in [1.82, 2.24) is 4.57 Å². The van der Waals surface area contributed by atoms with Crippen molar-refractivity contribution in [3.05, 3.63) is 73.2 Å². The first-order chi connectivity index (χ1) is 12.5. The Kier molecular flexibility index (Phi) is 4.11. The molecular weight excluding hydrogens is 332 g/mol. The average molecular weight is 352 g/mol. The van der Waals surface area contributed by atoms with Gasteiger partial charge in [-0.3, -0.25) is 19.5 Å². The Balaban J connectivity index is 1.72. The monoisotopic (exact) mass is 352 g/mol. The van der Waals surface area contributed by atoms with Crippen LogP contribution in [0.2, 0.25) is 0 Å². The Morgan fingerprint density at radius 1 is 1.23 bits per heavy atom. The van der Waals surface area contributed by atoms with Gasteiger partial charge in [0.2, 0.25) is 0 Å². The zero-order chi connectivity index (χ0) is 18.3. The second-order valence-electron chi connectivity index (χ2n) is 6.88. The van der Waals surface area contributed by atoms with Gasteiger partial charge in [0.25, 0.3) is 11.2 Å². The molecule has 1 aliphatic heterocycles. The van der Waals surface area contributed by atoms with E-state index in [1.165, 1.54) is 29.7 Å². The van der Waals surface area contributed by atoms with Gasteiger partial charge >= 0.3 is 0 Å². The number of rotatable bonds is 2. The Bertz CT molecular complexity index is 975. The molecule has 0 saturated heterocycles. The molecule has 1 unspecified atom stereocenters. The number of aromatic nitrogens is 1. The summed E-state index contributed by atoms with van der Waals surface area (Å²) in [4.78, 5) is 23.4. The Labute approximate surface area is 150 Å². The molecule has 1 aromatic carbocycles. The summed E-state index contributed by atoms with van der Waals surface area (Å²) >= 11 is 0. The minimum atomic E-state index is -0.538. The minimum Gasteiger partial charge on any atom is -0.466 e.